The number of nitrogens with zero attached hydrogens (tertiary/aromatic N) is 1. The molecule has 1 atom stereocenters. The zero-order valence-electron chi connectivity index (χ0n) is 17.6. The molecule has 0 bridgehead atoms. The first-order valence-electron chi connectivity index (χ1n) is 9.89. The van der Waals surface area contributed by atoms with Crippen molar-refractivity contribution < 1.29 is 28.6 Å². The Hall–Kier alpha value is -2.77. The van der Waals surface area contributed by atoms with Crippen molar-refractivity contribution in [3.63, 3.8) is 0 Å². The summed E-state index contributed by atoms with van der Waals surface area (Å²) in [5.74, 6) is 0.0645. The predicted molar refractivity (Wildman–Crippen MR) is 107 cm³/mol. The molecule has 1 aromatic carbocycles. The number of hydrogen-bond donors (Lipinski definition) is 1. The second-order valence-electron chi connectivity index (χ2n) is 7.17. The number of hydrogen-bond acceptors (Lipinski definition) is 6. The standard InChI is InChI=1S/C21H30N2O6/c1-5-7-19(24)28-13-29-21(26)23-9-6-8-17(12-23)22-20(25)16-10-14(2)15(3)18(11-16)27-4/h10-11,17H,5-9,12-13H2,1-4H3,(H,22,25). The molecule has 1 fully saturated rings. The fourth-order valence-electron chi connectivity index (χ4n) is 3.21. The van der Waals surface area contributed by atoms with Gasteiger partial charge < -0.3 is 24.4 Å². The van der Waals surface area contributed by atoms with Gasteiger partial charge in [-0.15, -0.1) is 0 Å². The lowest BCUT2D eigenvalue weighted by molar-refractivity contribution is -0.152. The largest absolute Gasteiger partial charge is 0.496 e. The van der Waals surface area contributed by atoms with E-state index in [0.717, 1.165) is 24.0 Å². The summed E-state index contributed by atoms with van der Waals surface area (Å²) >= 11 is 0. The molecule has 1 N–H and O–H groups in total. The minimum Gasteiger partial charge on any atom is -0.496 e. The van der Waals surface area contributed by atoms with Crippen LogP contribution in [0.1, 0.15) is 54.1 Å². The van der Waals surface area contributed by atoms with Crippen LogP contribution in [0.25, 0.3) is 0 Å². The number of benzene rings is 1. The Labute approximate surface area is 171 Å². The third kappa shape index (κ3) is 6.37. The van der Waals surface area contributed by atoms with E-state index in [0.29, 0.717) is 37.2 Å². The third-order valence-corrected chi connectivity index (χ3v) is 4.97. The topological polar surface area (TPSA) is 94.2 Å². The molecule has 0 spiro atoms. The van der Waals surface area contributed by atoms with Gasteiger partial charge in [0.1, 0.15) is 5.75 Å². The molecule has 0 radical (unpaired) electrons. The van der Waals surface area contributed by atoms with Crippen molar-refractivity contribution in [3.05, 3.63) is 28.8 Å². The van der Waals surface area contributed by atoms with E-state index in [2.05, 4.69) is 5.32 Å². The molecule has 0 aliphatic carbocycles. The van der Waals surface area contributed by atoms with Crippen molar-refractivity contribution >= 4 is 18.0 Å². The van der Waals surface area contributed by atoms with Crippen LogP contribution in [-0.2, 0) is 14.3 Å². The van der Waals surface area contributed by atoms with E-state index in [1.165, 1.54) is 4.90 Å². The highest BCUT2D eigenvalue weighted by Gasteiger charge is 2.26. The number of amides is 2. The van der Waals surface area contributed by atoms with Crippen LogP contribution in [0.2, 0.25) is 0 Å². The lowest BCUT2D eigenvalue weighted by atomic mass is 10.0. The lowest BCUT2D eigenvalue weighted by Crippen LogP contribution is -2.49. The number of rotatable bonds is 7. The summed E-state index contributed by atoms with van der Waals surface area (Å²) in [6, 6.07) is 3.36. The summed E-state index contributed by atoms with van der Waals surface area (Å²) in [4.78, 5) is 37.7. The van der Waals surface area contributed by atoms with Crippen LogP contribution in [0.4, 0.5) is 4.79 Å². The van der Waals surface area contributed by atoms with Crippen LogP contribution < -0.4 is 10.1 Å². The van der Waals surface area contributed by atoms with Crippen molar-refractivity contribution in [2.45, 2.75) is 52.5 Å². The quantitative estimate of drug-likeness (QED) is 0.553. The molecule has 1 heterocycles. The van der Waals surface area contributed by atoms with E-state index in [1.807, 2.05) is 26.8 Å². The van der Waals surface area contributed by atoms with Gasteiger partial charge in [-0.05, 0) is 56.4 Å². The van der Waals surface area contributed by atoms with Crippen molar-refractivity contribution in [1.29, 1.82) is 0 Å². The van der Waals surface area contributed by atoms with Gasteiger partial charge in [0.15, 0.2) is 0 Å². The van der Waals surface area contributed by atoms with E-state index in [9.17, 15) is 14.4 Å². The van der Waals surface area contributed by atoms with Gasteiger partial charge >= 0.3 is 12.1 Å². The number of esters is 1. The minimum atomic E-state index is -0.555. The predicted octanol–water partition coefficient (Wildman–Crippen LogP) is 2.94. The molecule has 1 saturated heterocycles. The van der Waals surface area contributed by atoms with Gasteiger partial charge in [0.25, 0.3) is 5.91 Å². The fourth-order valence-corrected chi connectivity index (χ4v) is 3.21. The third-order valence-electron chi connectivity index (χ3n) is 4.97. The van der Waals surface area contributed by atoms with E-state index in [1.54, 1.807) is 13.2 Å². The minimum absolute atomic E-state index is 0.181. The summed E-state index contributed by atoms with van der Waals surface area (Å²) in [5.41, 5.74) is 2.49. The van der Waals surface area contributed by atoms with Crippen molar-refractivity contribution in [1.82, 2.24) is 10.2 Å². The maximum absolute atomic E-state index is 12.7. The number of piperidine rings is 1. The van der Waals surface area contributed by atoms with E-state index in [-0.39, 0.29) is 11.9 Å². The summed E-state index contributed by atoms with van der Waals surface area (Å²) in [5, 5.41) is 2.98. The lowest BCUT2D eigenvalue weighted by Gasteiger charge is -2.32. The highest BCUT2D eigenvalue weighted by Crippen LogP contribution is 2.23. The van der Waals surface area contributed by atoms with E-state index >= 15 is 0 Å². The van der Waals surface area contributed by atoms with Crippen LogP contribution in [0.5, 0.6) is 5.75 Å². The smallest absolute Gasteiger partial charge is 0.412 e. The number of carbonyl (C=O) groups excluding carboxylic acids is 3. The van der Waals surface area contributed by atoms with Gasteiger partial charge in [0, 0.05) is 31.1 Å². The molecule has 8 nitrogen and oxygen atoms in total. The summed E-state index contributed by atoms with van der Waals surface area (Å²) < 4.78 is 15.2. The molecule has 0 aromatic heterocycles. The first-order valence-corrected chi connectivity index (χ1v) is 9.89. The maximum atomic E-state index is 12.7. The molecular weight excluding hydrogens is 376 g/mol. The molecule has 8 heteroatoms. The zero-order valence-corrected chi connectivity index (χ0v) is 17.6. The number of methoxy groups -OCH3 is 1. The monoisotopic (exact) mass is 406 g/mol. The SMILES string of the molecule is CCCC(=O)OCOC(=O)N1CCCC(NC(=O)c2cc(C)c(C)c(OC)c2)C1. The Kier molecular flexibility index (Phi) is 8.30. The molecule has 1 aromatic rings. The first kappa shape index (κ1) is 22.5. The normalized spacial score (nSPS) is 16.1. The van der Waals surface area contributed by atoms with Gasteiger partial charge in [-0.2, -0.15) is 0 Å². The highest BCUT2D eigenvalue weighted by atomic mass is 16.7. The Morgan fingerprint density at radius 2 is 1.97 bits per heavy atom. The van der Waals surface area contributed by atoms with Gasteiger partial charge in [0.05, 0.1) is 7.11 Å². The number of likely N-dealkylation sites (tertiary alicyclic amines) is 1. The van der Waals surface area contributed by atoms with Gasteiger partial charge in [-0.3, -0.25) is 9.59 Å². The molecule has 1 aliphatic rings. The van der Waals surface area contributed by atoms with Crippen LogP contribution >= 0.6 is 0 Å². The van der Waals surface area contributed by atoms with Crippen molar-refractivity contribution in [3.8, 4) is 5.75 Å². The number of aryl methyl sites for hydroxylation is 1. The van der Waals surface area contributed by atoms with Crippen LogP contribution in [-0.4, -0.2) is 55.9 Å². The van der Waals surface area contributed by atoms with Gasteiger partial charge in [0.2, 0.25) is 6.79 Å². The fraction of sp³-hybridized carbons (Fsp3) is 0.571. The summed E-state index contributed by atoms with van der Waals surface area (Å²) in [6.07, 6.45) is 1.92. The average Bonchev–Trinajstić information content (AvgIpc) is 2.70. The summed E-state index contributed by atoms with van der Waals surface area (Å²) in [6.45, 7) is 6.22. The van der Waals surface area contributed by atoms with E-state index in [4.69, 9.17) is 14.2 Å². The molecule has 1 aliphatic heterocycles. The maximum Gasteiger partial charge on any atom is 0.412 e. The molecule has 2 amide bonds. The Morgan fingerprint density at radius 3 is 2.66 bits per heavy atom. The van der Waals surface area contributed by atoms with Crippen molar-refractivity contribution in [2.75, 3.05) is 27.0 Å². The molecule has 160 valence electrons. The van der Waals surface area contributed by atoms with Gasteiger partial charge in [-0.25, -0.2) is 4.79 Å². The zero-order chi connectivity index (χ0) is 21.4. The summed E-state index contributed by atoms with van der Waals surface area (Å²) in [7, 11) is 1.58. The molecule has 2 rings (SSSR count). The van der Waals surface area contributed by atoms with Crippen molar-refractivity contribution in [2.24, 2.45) is 0 Å². The Balaban J connectivity index is 1.89. The van der Waals surface area contributed by atoms with Gasteiger partial charge in [-0.1, -0.05) is 6.92 Å². The number of carbonyl (C=O) groups is 3. The van der Waals surface area contributed by atoms with Crippen LogP contribution in [0, 0.1) is 13.8 Å². The second-order valence-corrected chi connectivity index (χ2v) is 7.17. The highest BCUT2D eigenvalue weighted by molar-refractivity contribution is 5.95. The number of nitrogens with one attached hydrogen (secondary N) is 1. The van der Waals surface area contributed by atoms with Crippen LogP contribution in [0.15, 0.2) is 12.1 Å². The number of ether oxygens (including phenoxy) is 3. The van der Waals surface area contributed by atoms with E-state index < -0.39 is 18.9 Å². The first-order chi connectivity index (χ1) is 13.8. The molecular formula is C21H30N2O6. The molecule has 29 heavy (non-hydrogen) atoms. The average molecular weight is 406 g/mol. The Bertz CT molecular complexity index is 749. The molecule has 0 saturated carbocycles. The second kappa shape index (κ2) is 10.7. The molecule has 1 unspecified atom stereocenters. The Morgan fingerprint density at radius 1 is 1.21 bits per heavy atom. The van der Waals surface area contributed by atoms with Crippen LogP contribution in [0.3, 0.4) is 0 Å².